The average Bonchev–Trinajstić information content (AvgIpc) is 2.66. The van der Waals surface area contributed by atoms with Crippen LogP contribution in [0.5, 0.6) is 0 Å². The number of hydrogen-bond donors (Lipinski definition) is 2. The monoisotopic (exact) mass is 224 g/mol. The molecule has 0 radical (unpaired) electrons. The molecule has 2 aromatic heterocycles. The molecule has 0 saturated carbocycles. The molecule has 0 amide bonds. The minimum Gasteiger partial charge on any atom is -0.301 e. The Balaban J connectivity index is 2.41. The maximum atomic E-state index is 11.6. The second kappa shape index (κ2) is 4.06. The van der Waals surface area contributed by atoms with Crippen molar-refractivity contribution in [1.82, 2.24) is 20.2 Å². The summed E-state index contributed by atoms with van der Waals surface area (Å²) in [5.41, 5.74) is 0.407. The second-order valence-corrected chi connectivity index (χ2v) is 4.77. The van der Waals surface area contributed by atoms with Crippen molar-refractivity contribution in [3.63, 3.8) is 0 Å². The van der Waals surface area contributed by atoms with E-state index in [2.05, 4.69) is 34.0 Å². The van der Waals surface area contributed by atoms with Crippen molar-refractivity contribution in [1.29, 1.82) is 0 Å². The molecular weight excluding hydrogens is 212 g/mol. The highest BCUT2D eigenvalue weighted by Crippen LogP contribution is 2.20. The average molecular weight is 224 g/mol. The first-order valence-electron chi connectivity index (χ1n) is 4.80. The van der Waals surface area contributed by atoms with Gasteiger partial charge in [0, 0.05) is 5.25 Å². The van der Waals surface area contributed by atoms with Crippen molar-refractivity contribution in [2.45, 2.75) is 30.7 Å². The molecule has 2 heterocycles. The number of H-pyrrole nitrogens is 2. The van der Waals surface area contributed by atoms with Crippen LogP contribution in [0.2, 0.25) is 0 Å². The Hall–Kier alpha value is -1.30. The topological polar surface area (TPSA) is 74.4 Å². The molecule has 1 unspecified atom stereocenters. The Kier molecular flexibility index (Phi) is 2.77. The van der Waals surface area contributed by atoms with Crippen LogP contribution >= 0.6 is 11.8 Å². The number of fused-ring (bicyclic) bond motifs is 1. The Morgan fingerprint density at radius 3 is 3.13 bits per heavy atom. The maximum absolute atomic E-state index is 11.6. The molecule has 0 fully saturated rings. The van der Waals surface area contributed by atoms with Gasteiger partial charge in [0.15, 0.2) is 10.8 Å². The van der Waals surface area contributed by atoms with Gasteiger partial charge in [0.05, 0.1) is 6.20 Å². The zero-order valence-electron chi connectivity index (χ0n) is 8.57. The Morgan fingerprint density at radius 1 is 1.60 bits per heavy atom. The first kappa shape index (κ1) is 10.2. The Labute approximate surface area is 90.7 Å². The van der Waals surface area contributed by atoms with Crippen LogP contribution in [-0.4, -0.2) is 25.4 Å². The predicted molar refractivity (Wildman–Crippen MR) is 60.1 cm³/mol. The van der Waals surface area contributed by atoms with E-state index in [0.717, 1.165) is 6.42 Å². The fraction of sp³-hybridized carbons (Fsp3) is 0.444. The fourth-order valence-corrected chi connectivity index (χ4v) is 2.00. The third kappa shape index (κ3) is 2.04. The predicted octanol–water partition coefficient (Wildman–Crippen LogP) is 1.54. The van der Waals surface area contributed by atoms with E-state index in [-0.39, 0.29) is 5.56 Å². The van der Waals surface area contributed by atoms with Crippen molar-refractivity contribution in [2.24, 2.45) is 0 Å². The van der Waals surface area contributed by atoms with E-state index in [0.29, 0.717) is 21.4 Å². The molecule has 2 rings (SSSR count). The van der Waals surface area contributed by atoms with Crippen LogP contribution in [0.15, 0.2) is 16.1 Å². The van der Waals surface area contributed by atoms with Crippen LogP contribution in [0.1, 0.15) is 20.3 Å². The molecule has 0 aliphatic rings. The van der Waals surface area contributed by atoms with Gasteiger partial charge in [-0.05, 0) is 6.42 Å². The van der Waals surface area contributed by atoms with Gasteiger partial charge in [0.25, 0.3) is 5.56 Å². The van der Waals surface area contributed by atoms with Crippen molar-refractivity contribution >= 4 is 22.8 Å². The number of nitrogens with one attached hydrogen (secondary N) is 2. The van der Waals surface area contributed by atoms with Gasteiger partial charge in [0.1, 0.15) is 5.39 Å². The van der Waals surface area contributed by atoms with Crippen molar-refractivity contribution < 1.29 is 0 Å². The zero-order valence-corrected chi connectivity index (χ0v) is 9.39. The standard InChI is InChI=1S/C9H12N4OS/c1-3-5(2)15-9-11-7-6(4-10-13-7)8(14)12-9/h4-5H,3H2,1-2H3,(H2,10,11,12,13,14). The lowest BCUT2D eigenvalue weighted by Crippen LogP contribution is -2.09. The summed E-state index contributed by atoms with van der Waals surface area (Å²) < 4.78 is 0. The largest absolute Gasteiger partial charge is 0.301 e. The van der Waals surface area contributed by atoms with E-state index in [9.17, 15) is 4.79 Å². The fourth-order valence-electron chi connectivity index (χ4n) is 1.15. The molecule has 6 heteroatoms. The molecule has 1 atom stereocenters. The van der Waals surface area contributed by atoms with Crippen LogP contribution in [0, 0.1) is 0 Å². The summed E-state index contributed by atoms with van der Waals surface area (Å²) in [5, 5.41) is 8.07. The minimum atomic E-state index is -0.139. The third-order valence-electron chi connectivity index (χ3n) is 2.19. The number of hydrogen-bond acceptors (Lipinski definition) is 4. The number of aromatic amines is 2. The summed E-state index contributed by atoms with van der Waals surface area (Å²) in [6.45, 7) is 4.20. The zero-order chi connectivity index (χ0) is 10.8. The third-order valence-corrected chi connectivity index (χ3v) is 3.34. The first-order chi connectivity index (χ1) is 7.20. The first-order valence-corrected chi connectivity index (χ1v) is 5.68. The number of aromatic nitrogens is 4. The molecule has 0 aliphatic heterocycles. The van der Waals surface area contributed by atoms with Gasteiger partial charge in [-0.15, -0.1) is 0 Å². The van der Waals surface area contributed by atoms with Gasteiger partial charge < -0.3 is 4.98 Å². The highest BCUT2D eigenvalue weighted by atomic mass is 32.2. The molecule has 0 spiro atoms. The van der Waals surface area contributed by atoms with Crippen LogP contribution in [-0.2, 0) is 0 Å². The molecule has 0 bridgehead atoms. The normalized spacial score (nSPS) is 13.2. The highest BCUT2D eigenvalue weighted by Gasteiger charge is 2.08. The summed E-state index contributed by atoms with van der Waals surface area (Å²) in [5.74, 6) is 0. The van der Waals surface area contributed by atoms with Crippen LogP contribution in [0.3, 0.4) is 0 Å². The molecule has 5 nitrogen and oxygen atoms in total. The quantitative estimate of drug-likeness (QED) is 0.612. The van der Waals surface area contributed by atoms with E-state index < -0.39 is 0 Å². The SMILES string of the molecule is CCC(C)Sc1nc2[nH]ncc2c(=O)[nH]1. The summed E-state index contributed by atoms with van der Waals surface area (Å²) in [4.78, 5) is 18.6. The summed E-state index contributed by atoms with van der Waals surface area (Å²) in [6, 6.07) is 0. The Bertz CT molecular complexity index is 518. The summed E-state index contributed by atoms with van der Waals surface area (Å²) >= 11 is 1.56. The van der Waals surface area contributed by atoms with Crippen molar-refractivity contribution in [2.75, 3.05) is 0 Å². The molecule has 0 aromatic carbocycles. The van der Waals surface area contributed by atoms with Crippen LogP contribution in [0.4, 0.5) is 0 Å². The lowest BCUT2D eigenvalue weighted by Gasteiger charge is -2.05. The molecule has 80 valence electrons. The number of rotatable bonds is 3. The van der Waals surface area contributed by atoms with E-state index in [1.54, 1.807) is 11.8 Å². The molecule has 15 heavy (non-hydrogen) atoms. The van der Waals surface area contributed by atoms with Gasteiger partial charge in [-0.1, -0.05) is 25.6 Å². The van der Waals surface area contributed by atoms with E-state index in [1.165, 1.54) is 6.20 Å². The lowest BCUT2D eigenvalue weighted by molar-refractivity contribution is 0.884. The van der Waals surface area contributed by atoms with Crippen molar-refractivity contribution in [3.05, 3.63) is 16.6 Å². The van der Waals surface area contributed by atoms with E-state index in [4.69, 9.17) is 0 Å². The number of thioether (sulfide) groups is 1. The molecule has 2 aromatic rings. The second-order valence-electron chi connectivity index (χ2n) is 3.34. The highest BCUT2D eigenvalue weighted by molar-refractivity contribution is 7.99. The van der Waals surface area contributed by atoms with Crippen molar-refractivity contribution in [3.8, 4) is 0 Å². The summed E-state index contributed by atoms with van der Waals surface area (Å²) in [6.07, 6.45) is 2.52. The molecular formula is C9H12N4OS. The van der Waals surface area contributed by atoms with Gasteiger partial charge in [-0.2, -0.15) is 5.10 Å². The van der Waals surface area contributed by atoms with Gasteiger partial charge in [-0.3, -0.25) is 9.89 Å². The van der Waals surface area contributed by atoms with Crippen LogP contribution < -0.4 is 5.56 Å². The minimum absolute atomic E-state index is 0.139. The van der Waals surface area contributed by atoms with Crippen LogP contribution in [0.25, 0.3) is 11.0 Å². The molecule has 0 aliphatic carbocycles. The number of nitrogens with zero attached hydrogens (tertiary/aromatic N) is 2. The van der Waals surface area contributed by atoms with Gasteiger partial charge in [0.2, 0.25) is 0 Å². The lowest BCUT2D eigenvalue weighted by atomic mass is 10.4. The van der Waals surface area contributed by atoms with Gasteiger partial charge >= 0.3 is 0 Å². The smallest absolute Gasteiger partial charge is 0.262 e. The molecule has 2 N–H and O–H groups in total. The summed E-state index contributed by atoms with van der Waals surface area (Å²) in [7, 11) is 0. The Morgan fingerprint density at radius 2 is 2.40 bits per heavy atom. The van der Waals surface area contributed by atoms with Gasteiger partial charge in [-0.25, -0.2) is 4.98 Å². The van der Waals surface area contributed by atoms with E-state index in [1.807, 2.05) is 0 Å². The van der Waals surface area contributed by atoms with E-state index >= 15 is 0 Å². The molecule has 0 saturated heterocycles. The maximum Gasteiger partial charge on any atom is 0.262 e.